The molecule has 0 spiro atoms. The van der Waals surface area contributed by atoms with Crippen LogP contribution in [0.25, 0.3) is 0 Å². The van der Waals surface area contributed by atoms with Gasteiger partial charge in [-0.3, -0.25) is 0 Å². The highest BCUT2D eigenvalue weighted by Crippen LogP contribution is 2.27. The lowest BCUT2D eigenvalue weighted by atomic mass is 10.0. The summed E-state index contributed by atoms with van der Waals surface area (Å²) in [6.07, 6.45) is 1.25. The Bertz CT molecular complexity index is 366. The number of hydrazine groups is 1. The minimum atomic E-state index is -1.26. The molecule has 0 saturated carbocycles. The Balaban J connectivity index is 3.01. The molecule has 0 aliphatic carbocycles. The number of nitrogens with one attached hydrogen (secondary N) is 2. The van der Waals surface area contributed by atoms with Gasteiger partial charge in [-0.25, -0.2) is 15.8 Å². The van der Waals surface area contributed by atoms with Crippen molar-refractivity contribution < 1.29 is 15.3 Å². The number of nitrogen functional groups attached to an aromatic ring is 1. The van der Waals surface area contributed by atoms with E-state index in [4.69, 9.17) is 5.84 Å². The smallest absolute Gasteiger partial charge is 0.159 e. The highest BCUT2D eigenvalue weighted by molar-refractivity contribution is 9.10. The molecule has 0 aliphatic heterocycles. The van der Waals surface area contributed by atoms with Crippen LogP contribution in [0.2, 0.25) is 0 Å². The molecule has 0 fully saturated rings. The Labute approximate surface area is 106 Å². The summed E-state index contributed by atoms with van der Waals surface area (Å²) >= 11 is 3.21. The Kier molecular flexibility index (Phi) is 5.02. The quantitative estimate of drug-likeness (QED) is 0.280. The topological polar surface area (TPSA) is 137 Å². The molecule has 1 aromatic heterocycles. The largest absolute Gasteiger partial charge is 0.394 e. The molecule has 1 heterocycles. The third kappa shape index (κ3) is 3.01. The predicted molar refractivity (Wildman–Crippen MR) is 65.2 cm³/mol. The van der Waals surface area contributed by atoms with Gasteiger partial charge in [-0.1, -0.05) is 0 Å². The minimum Gasteiger partial charge on any atom is -0.394 e. The number of nitrogens with zero attached hydrogens (tertiary/aromatic N) is 2. The fourth-order valence-electron chi connectivity index (χ4n) is 1.08. The average molecular weight is 308 g/mol. The number of nitrogens with two attached hydrogens (primary N) is 1. The summed E-state index contributed by atoms with van der Waals surface area (Å²) in [6.45, 7) is -1.37. The van der Waals surface area contributed by atoms with Crippen LogP contribution in [0.5, 0.6) is 0 Å². The van der Waals surface area contributed by atoms with E-state index in [1.807, 2.05) is 0 Å². The van der Waals surface area contributed by atoms with Crippen LogP contribution in [0.4, 0.5) is 11.6 Å². The molecular formula is C8H14BrN5O3. The first-order chi connectivity index (χ1) is 8.12. The molecule has 0 radical (unpaired) electrons. The van der Waals surface area contributed by atoms with E-state index in [0.717, 1.165) is 0 Å². The van der Waals surface area contributed by atoms with Crippen molar-refractivity contribution in [2.75, 3.05) is 30.6 Å². The van der Waals surface area contributed by atoms with Gasteiger partial charge in [0.05, 0.1) is 19.8 Å². The van der Waals surface area contributed by atoms with Crippen LogP contribution in [0, 0.1) is 0 Å². The molecule has 0 bridgehead atoms. The van der Waals surface area contributed by atoms with Crippen LogP contribution in [-0.2, 0) is 0 Å². The Hall–Kier alpha value is -1.00. The molecule has 9 heteroatoms. The lowest BCUT2D eigenvalue weighted by Gasteiger charge is -2.29. The monoisotopic (exact) mass is 307 g/mol. The molecule has 0 aromatic carbocycles. The summed E-state index contributed by atoms with van der Waals surface area (Å²) in [4.78, 5) is 7.76. The zero-order valence-electron chi connectivity index (χ0n) is 8.89. The van der Waals surface area contributed by atoms with E-state index in [1.54, 1.807) is 0 Å². The second-order valence-electron chi connectivity index (χ2n) is 3.41. The van der Waals surface area contributed by atoms with Gasteiger partial charge < -0.3 is 26.1 Å². The lowest BCUT2D eigenvalue weighted by Crippen LogP contribution is -2.49. The zero-order valence-corrected chi connectivity index (χ0v) is 10.5. The summed E-state index contributed by atoms with van der Waals surface area (Å²) in [5.74, 6) is 5.87. The number of rotatable bonds is 6. The van der Waals surface area contributed by atoms with Gasteiger partial charge in [0.25, 0.3) is 0 Å². The van der Waals surface area contributed by atoms with Crippen LogP contribution in [-0.4, -0.2) is 50.6 Å². The number of hydrogen-bond acceptors (Lipinski definition) is 8. The van der Waals surface area contributed by atoms with Crippen molar-refractivity contribution in [2.24, 2.45) is 5.84 Å². The maximum atomic E-state index is 9.17. The second-order valence-corrected chi connectivity index (χ2v) is 4.20. The molecule has 17 heavy (non-hydrogen) atoms. The van der Waals surface area contributed by atoms with E-state index in [1.165, 1.54) is 6.33 Å². The Morgan fingerprint density at radius 1 is 1.18 bits per heavy atom. The number of aromatic nitrogens is 2. The van der Waals surface area contributed by atoms with Gasteiger partial charge in [0.2, 0.25) is 0 Å². The van der Waals surface area contributed by atoms with E-state index >= 15 is 0 Å². The SMILES string of the molecule is NNc1ncnc(NC(CO)(CO)CO)c1Br. The molecule has 1 rings (SSSR count). The van der Waals surface area contributed by atoms with Crippen molar-refractivity contribution >= 4 is 27.6 Å². The number of hydrogen-bond donors (Lipinski definition) is 6. The third-order valence-corrected chi connectivity index (χ3v) is 2.97. The normalized spacial score (nSPS) is 11.4. The maximum absolute atomic E-state index is 9.17. The molecule has 0 saturated heterocycles. The first-order valence-electron chi connectivity index (χ1n) is 4.70. The summed E-state index contributed by atoms with van der Waals surface area (Å²) in [5.41, 5.74) is 1.09. The first kappa shape index (κ1) is 14.1. The van der Waals surface area contributed by atoms with Crippen molar-refractivity contribution in [1.82, 2.24) is 9.97 Å². The lowest BCUT2D eigenvalue weighted by molar-refractivity contribution is 0.0830. The van der Waals surface area contributed by atoms with E-state index in [2.05, 4.69) is 36.6 Å². The Morgan fingerprint density at radius 2 is 1.71 bits per heavy atom. The number of halogens is 1. The molecular weight excluding hydrogens is 294 g/mol. The molecule has 96 valence electrons. The van der Waals surface area contributed by atoms with Crippen LogP contribution >= 0.6 is 15.9 Å². The van der Waals surface area contributed by atoms with E-state index < -0.39 is 25.4 Å². The van der Waals surface area contributed by atoms with Gasteiger partial charge in [0, 0.05) is 0 Å². The fourth-order valence-corrected chi connectivity index (χ4v) is 1.50. The molecule has 0 atom stereocenters. The van der Waals surface area contributed by atoms with Gasteiger partial charge in [-0.05, 0) is 15.9 Å². The highest BCUT2D eigenvalue weighted by Gasteiger charge is 2.29. The van der Waals surface area contributed by atoms with E-state index in [0.29, 0.717) is 16.1 Å². The summed E-state index contributed by atoms with van der Waals surface area (Å²) in [7, 11) is 0. The van der Waals surface area contributed by atoms with E-state index in [-0.39, 0.29) is 0 Å². The number of aliphatic hydroxyl groups excluding tert-OH is 3. The van der Waals surface area contributed by atoms with Gasteiger partial charge >= 0.3 is 0 Å². The summed E-state index contributed by atoms with van der Waals surface area (Å²) < 4.78 is 0.433. The summed E-state index contributed by atoms with van der Waals surface area (Å²) in [6, 6.07) is 0. The number of aliphatic hydroxyl groups is 3. The second kappa shape index (κ2) is 6.07. The van der Waals surface area contributed by atoms with Crippen molar-refractivity contribution in [3.05, 3.63) is 10.8 Å². The van der Waals surface area contributed by atoms with Crippen molar-refractivity contribution in [3.63, 3.8) is 0 Å². The van der Waals surface area contributed by atoms with Gasteiger partial charge in [-0.15, -0.1) is 0 Å². The van der Waals surface area contributed by atoms with Gasteiger partial charge in [0.15, 0.2) is 5.82 Å². The molecule has 1 aromatic rings. The molecule has 7 N–H and O–H groups in total. The number of anilines is 2. The molecule has 0 unspecified atom stereocenters. The Morgan fingerprint density at radius 3 is 2.18 bits per heavy atom. The van der Waals surface area contributed by atoms with Crippen molar-refractivity contribution in [1.29, 1.82) is 0 Å². The average Bonchev–Trinajstić information content (AvgIpc) is 2.38. The van der Waals surface area contributed by atoms with E-state index in [9.17, 15) is 15.3 Å². The van der Waals surface area contributed by atoms with Crippen molar-refractivity contribution in [3.8, 4) is 0 Å². The van der Waals surface area contributed by atoms with Crippen molar-refractivity contribution in [2.45, 2.75) is 5.54 Å². The zero-order chi connectivity index (χ0) is 12.9. The third-order valence-electron chi connectivity index (χ3n) is 2.22. The highest BCUT2D eigenvalue weighted by atomic mass is 79.9. The first-order valence-corrected chi connectivity index (χ1v) is 5.49. The summed E-state index contributed by atoms with van der Waals surface area (Å²) in [5, 5.41) is 30.3. The minimum absolute atomic E-state index is 0.296. The fraction of sp³-hybridized carbons (Fsp3) is 0.500. The van der Waals surface area contributed by atoms with Crippen LogP contribution in [0.1, 0.15) is 0 Å². The van der Waals surface area contributed by atoms with Gasteiger partial charge in [0.1, 0.15) is 22.2 Å². The van der Waals surface area contributed by atoms with Crippen LogP contribution in [0.3, 0.4) is 0 Å². The standard InChI is InChI=1S/C8H14BrN5O3/c9-5-6(11-4-12-7(5)14-10)13-8(1-15,2-16)3-17/h4,15-17H,1-3,10H2,(H2,11,12,13,14). The molecule has 8 nitrogen and oxygen atoms in total. The van der Waals surface area contributed by atoms with Gasteiger partial charge in [-0.2, -0.15) is 0 Å². The maximum Gasteiger partial charge on any atom is 0.159 e. The van der Waals surface area contributed by atoms with Crippen LogP contribution < -0.4 is 16.6 Å². The molecule has 0 aliphatic rings. The molecule has 0 amide bonds. The predicted octanol–water partition coefficient (Wildman–Crippen LogP) is -1.35. The van der Waals surface area contributed by atoms with Crippen LogP contribution in [0.15, 0.2) is 10.8 Å².